The molecule has 0 aliphatic heterocycles. The first-order valence-corrected chi connectivity index (χ1v) is 7.44. The second-order valence-electron chi connectivity index (χ2n) is 5.58. The quantitative estimate of drug-likeness (QED) is 0.623. The highest BCUT2D eigenvalue weighted by molar-refractivity contribution is 5.79. The molecule has 4 heteroatoms. The summed E-state index contributed by atoms with van der Waals surface area (Å²) in [4.78, 5) is 4.65. The van der Waals surface area contributed by atoms with Crippen LogP contribution in [0, 0.1) is 5.92 Å². The number of fused-ring (bicyclic) bond motifs is 1. The standard InChI is InChI=1S/C16H25N3O/c1-4-16-18-14-11-13(17)5-6-15(14)19(16)8-10-20-9-7-12(2)3/h5-6,11-12H,4,7-10,17H2,1-3H3. The number of hydrogen-bond acceptors (Lipinski definition) is 3. The van der Waals surface area contributed by atoms with Crippen LogP contribution < -0.4 is 5.73 Å². The van der Waals surface area contributed by atoms with Gasteiger partial charge in [-0.2, -0.15) is 0 Å². The number of benzene rings is 1. The Hall–Kier alpha value is -1.55. The third kappa shape index (κ3) is 3.51. The van der Waals surface area contributed by atoms with E-state index in [0.717, 1.165) is 55.1 Å². The number of ether oxygens (including phenoxy) is 1. The van der Waals surface area contributed by atoms with E-state index >= 15 is 0 Å². The highest BCUT2D eigenvalue weighted by Crippen LogP contribution is 2.19. The maximum absolute atomic E-state index is 5.82. The molecule has 0 radical (unpaired) electrons. The molecule has 0 aliphatic carbocycles. The van der Waals surface area contributed by atoms with Gasteiger partial charge in [0, 0.05) is 25.3 Å². The molecular weight excluding hydrogens is 250 g/mol. The number of aryl methyl sites for hydroxylation is 1. The first-order chi connectivity index (χ1) is 9.61. The summed E-state index contributed by atoms with van der Waals surface area (Å²) in [5, 5.41) is 0. The lowest BCUT2D eigenvalue weighted by atomic mass is 10.1. The molecular formula is C16H25N3O. The number of nitrogens with two attached hydrogens (primary N) is 1. The molecule has 2 aromatic rings. The molecule has 2 rings (SSSR count). The van der Waals surface area contributed by atoms with E-state index in [4.69, 9.17) is 10.5 Å². The lowest BCUT2D eigenvalue weighted by Crippen LogP contribution is -2.10. The van der Waals surface area contributed by atoms with Crippen molar-refractivity contribution in [2.45, 2.75) is 40.2 Å². The lowest BCUT2D eigenvalue weighted by Gasteiger charge is -2.10. The smallest absolute Gasteiger partial charge is 0.109 e. The molecule has 1 aromatic heterocycles. The molecule has 4 nitrogen and oxygen atoms in total. The Bertz CT molecular complexity index is 560. The topological polar surface area (TPSA) is 53.1 Å². The van der Waals surface area contributed by atoms with E-state index < -0.39 is 0 Å². The van der Waals surface area contributed by atoms with Gasteiger partial charge in [0.25, 0.3) is 0 Å². The van der Waals surface area contributed by atoms with E-state index in [1.807, 2.05) is 18.2 Å². The molecule has 1 heterocycles. The summed E-state index contributed by atoms with van der Waals surface area (Å²) < 4.78 is 7.96. The van der Waals surface area contributed by atoms with Gasteiger partial charge < -0.3 is 15.0 Å². The molecule has 2 N–H and O–H groups in total. The van der Waals surface area contributed by atoms with Crippen molar-refractivity contribution >= 4 is 16.7 Å². The zero-order valence-electron chi connectivity index (χ0n) is 12.7. The van der Waals surface area contributed by atoms with Crippen molar-refractivity contribution in [2.75, 3.05) is 18.9 Å². The van der Waals surface area contributed by atoms with Gasteiger partial charge >= 0.3 is 0 Å². The van der Waals surface area contributed by atoms with Crippen LogP contribution in [-0.4, -0.2) is 22.8 Å². The molecule has 20 heavy (non-hydrogen) atoms. The minimum atomic E-state index is 0.693. The molecule has 0 unspecified atom stereocenters. The lowest BCUT2D eigenvalue weighted by molar-refractivity contribution is 0.116. The average molecular weight is 275 g/mol. The van der Waals surface area contributed by atoms with E-state index in [0.29, 0.717) is 5.92 Å². The Morgan fingerprint density at radius 1 is 1.30 bits per heavy atom. The maximum Gasteiger partial charge on any atom is 0.109 e. The summed E-state index contributed by atoms with van der Waals surface area (Å²) >= 11 is 0. The van der Waals surface area contributed by atoms with Gasteiger partial charge in [0.15, 0.2) is 0 Å². The molecule has 0 saturated heterocycles. The number of nitrogen functional groups attached to an aromatic ring is 1. The fourth-order valence-electron chi connectivity index (χ4n) is 2.29. The second kappa shape index (κ2) is 6.75. The molecule has 0 spiro atoms. The Balaban J connectivity index is 2.04. The fraction of sp³-hybridized carbons (Fsp3) is 0.562. The molecule has 0 atom stereocenters. The van der Waals surface area contributed by atoms with E-state index in [1.165, 1.54) is 0 Å². The van der Waals surface area contributed by atoms with Crippen LogP contribution in [0.4, 0.5) is 5.69 Å². The van der Waals surface area contributed by atoms with Crippen molar-refractivity contribution < 1.29 is 4.74 Å². The molecule has 1 aromatic carbocycles. The van der Waals surface area contributed by atoms with E-state index in [1.54, 1.807) is 0 Å². The zero-order chi connectivity index (χ0) is 14.5. The molecule has 0 bridgehead atoms. The van der Waals surface area contributed by atoms with E-state index in [2.05, 4.69) is 30.3 Å². The van der Waals surface area contributed by atoms with Gasteiger partial charge in [0.05, 0.1) is 17.6 Å². The minimum absolute atomic E-state index is 0.693. The number of imidazole rings is 1. The summed E-state index contributed by atoms with van der Waals surface area (Å²) in [7, 11) is 0. The molecule has 110 valence electrons. The van der Waals surface area contributed by atoms with Gasteiger partial charge in [-0.15, -0.1) is 0 Å². The minimum Gasteiger partial charge on any atom is -0.399 e. The van der Waals surface area contributed by atoms with Crippen LogP contribution >= 0.6 is 0 Å². The number of anilines is 1. The third-order valence-corrected chi connectivity index (χ3v) is 3.47. The Labute approximate surface area is 120 Å². The van der Waals surface area contributed by atoms with Crippen LogP contribution in [-0.2, 0) is 17.7 Å². The number of aromatic nitrogens is 2. The van der Waals surface area contributed by atoms with Crippen LogP contribution in [0.5, 0.6) is 0 Å². The normalized spacial score (nSPS) is 11.6. The van der Waals surface area contributed by atoms with Gasteiger partial charge in [0.1, 0.15) is 5.82 Å². The average Bonchev–Trinajstić information content (AvgIpc) is 2.75. The van der Waals surface area contributed by atoms with Gasteiger partial charge in [-0.05, 0) is 30.5 Å². The SMILES string of the molecule is CCc1nc2cc(N)ccc2n1CCOCCC(C)C. The Morgan fingerprint density at radius 3 is 2.80 bits per heavy atom. The van der Waals surface area contributed by atoms with Gasteiger partial charge in [0.2, 0.25) is 0 Å². The van der Waals surface area contributed by atoms with Crippen molar-refractivity contribution in [3.63, 3.8) is 0 Å². The summed E-state index contributed by atoms with van der Waals surface area (Å²) in [6.07, 6.45) is 2.03. The Kier molecular flexibility index (Phi) is 5.01. The Morgan fingerprint density at radius 2 is 2.10 bits per heavy atom. The highest BCUT2D eigenvalue weighted by atomic mass is 16.5. The number of hydrogen-bond donors (Lipinski definition) is 1. The summed E-state index contributed by atoms with van der Waals surface area (Å²) in [6.45, 7) is 8.97. The van der Waals surface area contributed by atoms with Gasteiger partial charge in [-0.1, -0.05) is 20.8 Å². The first kappa shape index (κ1) is 14.9. The monoisotopic (exact) mass is 275 g/mol. The van der Waals surface area contributed by atoms with Gasteiger partial charge in [-0.25, -0.2) is 4.98 Å². The predicted molar refractivity (Wildman–Crippen MR) is 83.8 cm³/mol. The molecule has 0 aliphatic rings. The largest absolute Gasteiger partial charge is 0.399 e. The second-order valence-corrected chi connectivity index (χ2v) is 5.58. The number of rotatable bonds is 7. The summed E-state index contributed by atoms with van der Waals surface area (Å²) in [5.74, 6) is 1.79. The molecule has 0 saturated carbocycles. The summed E-state index contributed by atoms with van der Waals surface area (Å²) in [6, 6.07) is 5.91. The van der Waals surface area contributed by atoms with Crippen molar-refractivity contribution in [1.29, 1.82) is 0 Å². The van der Waals surface area contributed by atoms with Crippen LogP contribution in [0.25, 0.3) is 11.0 Å². The number of nitrogens with zero attached hydrogens (tertiary/aromatic N) is 2. The fourth-order valence-corrected chi connectivity index (χ4v) is 2.29. The van der Waals surface area contributed by atoms with Crippen molar-refractivity contribution in [2.24, 2.45) is 5.92 Å². The van der Waals surface area contributed by atoms with Crippen molar-refractivity contribution in [3.05, 3.63) is 24.0 Å². The van der Waals surface area contributed by atoms with Crippen molar-refractivity contribution in [3.8, 4) is 0 Å². The molecule has 0 fully saturated rings. The summed E-state index contributed by atoms with van der Waals surface area (Å²) in [5.41, 5.74) is 8.70. The van der Waals surface area contributed by atoms with Crippen LogP contribution in [0.3, 0.4) is 0 Å². The van der Waals surface area contributed by atoms with Crippen LogP contribution in [0.2, 0.25) is 0 Å². The third-order valence-electron chi connectivity index (χ3n) is 3.47. The van der Waals surface area contributed by atoms with Crippen LogP contribution in [0.1, 0.15) is 33.0 Å². The first-order valence-electron chi connectivity index (χ1n) is 7.44. The molecule has 0 amide bonds. The zero-order valence-corrected chi connectivity index (χ0v) is 12.7. The van der Waals surface area contributed by atoms with Crippen molar-refractivity contribution in [1.82, 2.24) is 9.55 Å². The maximum atomic E-state index is 5.82. The van der Waals surface area contributed by atoms with E-state index in [9.17, 15) is 0 Å². The van der Waals surface area contributed by atoms with E-state index in [-0.39, 0.29) is 0 Å². The predicted octanol–water partition coefficient (Wildman–Crippen LogP) is 3.24. The van der Waals surface area contributed by atoms with Crippen LogP contribution in [0.15, 0.2) is 18.2 Å². The highest BCUT2D eigenvalue weighted by Gasteiger charge is 2.09. The van der Waals surface area contributed by atoms with Gasteiger partial charge in [-0.3, -0.25) is 0 Å².